The van der Waals surface area contributed by atoms with Gasteiger partial charge in [0.2, 0.25) is 5.95 Å². The highest BCUT2D eigenvalue weighted by molar-refractivity contribution is 5.95. The number of Topliss-reactive ketones (excluding diaryl/α,β-unsaturated/α-hetero) is 1. The molecule has 3 aromatic rings. The number of hydrogen-bond donors (Lipinski definition) is 3. The first-order chi connectivity index (χ1) is 12.6. The molecule has 0 spiro atoms. The number of nitrogens with two attached hydrogens (primary N) is 1. The second-order valence-electron chi connectivity index (χ2n) is 5.72. The molecule has 0 aliphatic rings. The van der Waals surface area contributed by atoms with Gasteiger partial charge in [0.15, 0.2) is 5.78 Å². The molecule has 3 rings (SSSR count). The fourth-order valence-electron chi connectivity index (χ4n) is 2.44. The van der Waals surface area contributed by atoms with Crippen molar-refractivity contribution in [2.75, 3.05) is 24.2 Å². The van der Waals surface area contributed by atoms with E-state index < -0.39 is 0 Å². The Labute approximate surface area is 151 Å². The Kier molecular flexibility index (Phi) is 5.19. The molecule has 0 unspecified atom stereocenters. The Hall–Kier alpha value is -3.32. The number of ketones is 1. The number of nitrogens with one attached hydrogen (secondary N) is 1. The van der Waals surface area contributed by atoms with Crippen LogP contribution < -0.4 is 11.1 Å². The number of benzene rings is 1. The molecule has 0 aliphatic carbocycles. The standard InChI is InChI=1S/C19H19N5O2/c1-12(26)13-3-2-4-14(9-13)16-10-17(15-5-6-18(20)22-11-15)24-19(23-16)21-7-8-25/h2-6,9-11,25H,7-8H2,1H3,(H2,20,22)(H,21,23,24). The highest BCUT2D eigenvalue weighted by atomic mass is 16.3. The molecule has 26 heavy (non-hydrogen) atoms. The van der Waals surface area contributed by atoms with Gasteiger partial charge in [-0.3, -0.25) is 4.79 Å². The van der Waals surface area contributed by atoms with Crippen molar-refractivity contribution in [1.29, 1.82) is 0 Å². The lowest BCUT2D eigenvalue weighted by Gasteiger charge is -2.10. The van der Waals surface area contributed by atoms with Crippen LogP contribution in [0.25, 0.3) is 22.5 Å². The number of aliphatic hydroxyl groups excluding tert-OH is 1. The third-order valence-electron chi connectivity index (χ3n) is 3.77. The Morgan fingerprint density at radius 2 is 1.88 bits per heavy atom. The highest BCUT2D eigenvalue weighted by Crippen LogP contribution is 2.26. The number of rotatable bonds is 6. The van der Waals surface area contributed by atoms with Crippen molar-refractivity contribution in [3.8, 4) is 22.5 Å². The number of pyridine rings is 1. The zero-order valence-corrected chi connectivity index (χ0v) is 14.3. The van der Waals surface area contributed by atoms with Crippen molar-refractivity contribution >= 4 is 17.5 Å². The molecular weight excluding hydrogens is 330 g/mol. The van der Waals surface area contributed by atoms with Crippen molar-refractivity contribution in [2.45, 2.75) is 6.92 Å². The number of hydrogen-bond acceptors (Lipinski definition) is 7. The molecule has 2 heterocycles. The Morgan fingerprint density at radius 1 is 1.12 bits per heavy atom. The lowest BCUT2D eigenvalue weighted by Crippen LogP contribution is -2.09. The average Bonchev–Trinajstić information content (AvgIpc) is 2.66. The van der Waals surface area contributed by atoms with Crippen LogP contribution in [0.5, 0.6) is 0 Å². The Balaban J connectivity index is 2.09. The summed E-state index contributed by atoms with van der Waals surface area (Å²) in [6.45, 7) is 1.82. The largest absolute Gasteiger partial charge is 0.395 e. The summed E-state index contributed by atoms with van der Waals surface area (Å²) in [6, 6.07) is 12.6. The van der Waals surface area contributed by atoms with Crippen molar-refractivity contribution in [3.63, 3.8) is 0 Å². The SMILES string of the molecule is CC(=O)c1cccc(-c2cc(-c3ccc(N)nc3)nc(NCCO)n2)c1. The normalized spacial score (nSPS) is 10.5. The van der Waals surface area contributed by atoms with Gasteiger partial charge in [0.1, 0.15) is 5.82 Å². The van der Waals surface area contributed by atoms with Crippen LogP contribution in [0.15, 0.2) is 48.7 Å². The van der Waals surface area contributed by atoms with Crippen LogP contribution in [0.4, 0.5) is 11.8 Å². The van der Waals surface area contributed by atoms with E-state index in [0.29, 0.717) is 35.3 Å². The molecule has 0 saturated carbocycles. The third kappa shape index (κ3) is 4.01. The maximum Gasteiger partial charge on any atom is 0.223 e. The summed E-state index contributed by atoms with van der Waals surface area (Å²) in [5, 5.41) is 12.0. The van der Waals surface area contributed by atoms with E-state index in [1.54, 1.807) is 24.4 Å². The van der Waals surface area contributed by atoms with E-state index in [1.165, 1.54) is 6.92 Å². The summed E-state index contributed by atoms with van der Waals surface area (Å²) in [7, 11) is 0. The van der Waals surface area contributed by atoms with E-state index in [4.69, 9.17) is 10.8 Å². The van der Waals surface area contributed by atoms with Gasteiger partial charge in [0, 0.05) is 29.4 Å². The van der Waals surface area contributed by atoms with Crippen LogP contribution in [-0.4, -0.2) is 39.0 Å². The van der Waals surface area contributed by atoms with Gasteiger partial charge in [-0.15, -0.1) is 0 Å². The first kappa shape index (κ1) is 17.5. The average molecular weight is 349 g/mol. The van der Waals surface area contributed by atoms with Crippen LogP contribution in [0.1, 0.15) is 17.3 Å². The van der Waals surface area contributed by atoms with Gasteiger partial charge in [0.25, 0.3) is 0 Å². The molecular formula is C19H19N5O2. The summed E-state index contributed by atoms with van der Waals surface area (Å²) in [6.07, 6.45) is 1.64. The molecule has 0 saturated heterocycles. The first-order valence-electron chi connectivity index (χ1n) is 8.14. The van der Waals surface area contributed by atoms with Gasteiger partial charge >= 0.3 is 0 Å². The number of nitrogens with zero attached hydrogens (tertiary/aromatic N) is 3. The van der Waals surface area contributed by atoms with Gasteiger partial charge in [-0.25, -0.2) is 15.0 Å². The zero-order valence-electron chi connectivity index (χ0n) is 14.3. The minimum absolute atomic E-state index is 0.0116. The fraction of sp³-hybridized carbons (Fsp3) is 0.158. The van der Waals surface area contributed by atoms with Crippen LogP contribution in [-0.2, 0) is 0 Å². The minimum Gasteiger partial charge on any atom is -0.395 e. The molecule has 7 nitrogen and oxygen atoms in total. The topological polar surface area (TPSA) is 114 Å². The second-order valence-corrected chi connectivity index (χ2v) is 5.72. The lowest BCUT2D eigenvalue weighted by atomic mass is 10.0. The summed E-state index contributed by atoms with van der Waals surface area (Å²) in [5.74, 6) is 0.801. The molecule has 0 aliphatic heterocycles. The van der Waals surface area contributed by atoms with Crippen molar-refractivity contribution in [2.24, 2.45) is 0 Å². The fourth-order valence-corrected chi connectivity index (χ4v) is 2.44. The van der Waals surface area contributed by atoms with E-state index in [-0.39, 0.29) is 12.4 Å². The smallest absolute Gasteiger partial charge is 0.223 e. The number of anilines is 2. The second kappa shape index (κ2) is 7.71. The van der Waals surface area contributed by atoms with Crippen molar-refractivity contribution < 1.29 is 9.90 Å². The number of aliphatic hydroxyl groups is 1. The van der Waals surface area contributed by atoms with Gasteiger partial charge in [-0.05, 0) is 31.2 Å². The van der Waals surface area contributed by atoms with Gasteiger partial charge < -0.3 is 16.2 Å². The number of carbonyl (C=O) groups excluding carboxylic acids is 1. The van der Waals surface area contributed by atoms with Crippen molar-refractivity contribution in [3.05, 3.63) is 54.2 Å². The van der Waals surface area contributed by atoms with Gasteiger partial charge in [0.05, 0.1) is 18.0 Å². The van der Waals surface area contributed by atoms with E-state index in [2.05, 4.69) is 20.3 Å². The quantitative estimate of drug-likeness (QED) is 0.585. The maximum atomic E-state index is 11.7. The summed E-state index contributed by atoms with van der Waals surface area (Å²) >= 11 is 0. The van der Waals surface area contributed by atoms with E-state index in [0.717, 1.165) is 11.1 Å². The van der Waals surface area contributed by atoms with Gasteiger partial charge in [-0.1, -0.05) is 18.2 Å². The molecule has 0 fully saturated rings. The summed E-state index contributed by atoms with van der Waals surface area (Å²) < 4.78 is 0. The minimum atomic E-state index is -0.0355. The van der Waals surface area contributed by atoms with E-state index in [1.807, 2.05) is 24.3 Å². The third-order valence-corrected chi connectivity index (χ3v) is 3.77. The molecule has 0 atom stereocenters. The number of carbonyl (C=O) groups is 1. The van der Waals surface area contributed by atoms with Crippen LogP contribution in [0.2, 0.25) is 0 Å². The highest BCUT2D eigenvalue weighted by Gasteiger charge is 2.10. The van der Waals surface area contributed by atoms with E-state index >= 15 is 0 Å². The molecule has 4 N–H and O–H groups in total. The first-order valence-corrected chi connectivity index (χ1v) is 8.14. The molecule has 0 radical (unpaired) electrons. The van der Waals surface area contributed by atoms with Gasteiger partial charge in [-0.2, -0.15) is 0 Å². The number of nitrogen functional groups attached to an aromatic ring is 1. The summed E-state index contributed by atoms with van der Waals surface area (Å²) in [5.41, 5.74) is 9.18. The Morgan fingerprint density at radius 3 is 2.54 bits per heavy atom. The molecule has 2 aromatic heterocycles. The predicted molar refractivity (Wildman–Crippen MR) is 101 cm³/mol. The molecule has 0 bridgehead atoms. The van der Waals surface area contributed by atoms with E-state index in [9.17, 15) is 4.79 Å². The van der Waals surface area contributed by atoms with Crippen LogP contribution in [0, 0.1) is 0 Å². The van der Waals surface area contributed by atoms with Crippen molar-refractivity contribution in [1.82, 2.24) is 15.0 Å². The van der Waals surface area contributed by atoms with Crippen LogP contribution >= 0.6 is 0 Å². The number of aromatic nitrogens is 3. The zero-order chi connectivity index (χ0) is 18.5. The Bertz CT molecular complexity index is 925. The predicted octanol–water partition coefficient (Wildman–Crippen LogP) is 2.39. The lowest BCUT2D eigenvalue weighted by molar-refractivity contribution is 0.101. The molecule has 7 heteroatoms. The summed E-state index contributed by atoms with van der Waals surface area (Å²) in [4.78, 5) is 24.7. The molecule has 1 aromatic carbocycles. The maximum absolute atomic E-state index is 11.7. The molecule has 0 amide bonds. The van der Waals surface area contributed by atoms with Crippen LogP contribution in [0.3, 0.4) is 0 Å². The monoisotopic (exact) mass is 349 g/mol. The molecule has 132 valence electrons.